The van der Waals surface area contributed by atoms with Gasteiger partial charge in [0.15, 0.2) is 0 Å². The summed E-state index contributed by atoms with van der Waals surface area (Å²) in [6.45, 7) is 2.00. The van der Waals surface area contributed by atoms with E-state index in [0.29, 0.717) is 28.3 Å². The van der Waals surface area contributed by atoms with Crippen LogP contribution in [0.5, 0.6) is 0 Å². The lowest BCUT2D eigenvalue weighted by atomic mass is 9.49. The third-order valence-electron chi connectivity index (χ3n) is 7.28. The highest BCUT2D eigenvalue weighted by Crippen LogP contribution is 2.60. The van der Waals surface area contributed by atoms with Gasteiger partial charge in [-0.1, -0.05) is 30.3 Å². The molecule has 1 heterocycles. The molecule has 0 radical (unpaired) electrons. The average molecular weight is 410 g/mol. The Morgan fingerprint density at radius 3 is 2.17 bits per heavy atom. The molecule has 29 heavy (non-hydrogen) atoms. The molecule has 0 atom stereocenters. The second-order valence-electron chi connectivity index (χ2n) is 9.25. The standard InChI is InChI=1S/C24H27NO3S/c1-14-19(18-6-4-3-5-7-18)20(22(26)28-2)21(29-14)25-23(27)24-11-15-8-16(12-24)10-17(9-15)13-24/h3-7,15-17H,8-13H2,1-2H3,(H,25,27). The van der Waals surface area contributed by atoms with Crippen LogP contribution >= 0.6 is 11.3 Å². The molecule has 4 bridgehead atoms. The van der Waals surface area contributed by atoms with E-state index < -0.39 is 5.97 Å². The fourth-order valence-corrected chi connectivity index (χ4v) is 7.57. The molecule has 4 saturated carbocycles. The van der Waals surface area contributed by atoms with Crippen molar-refractivity contribution in [1.29, 1.82) is 0 Å². The molecule has 5 heteroatoms. The van der Waals surface area contributed by atoms with Crippen molar-refractivity contribution >= 4 is 28.2 Å². The number of thiophene rings is 1. The third kappa shape index (κ3) is 3.10. The van der Waals surface area contributed by atoms with Crippen LogP contribution in [0.15, 0.2) is 30.3 Å². The largest absolute Gasteiger partial charge is 0.465 e. The predicted molar refractivity (Wildman–Crippen MR) is 115 cm³/mol. The Morgan fingerprint density at radius 2 is 1.62 bits per heavy atom. The minimum absolute atomic E-state index is 0.114. The molecule has 1 aromatic heterocycles. The number of benzene rings is 1. The predicted octanol–water partition coefficient (Wildman–Crippen LogP) is 5.67. The number of aryl methyl sites for hydroxylation is 1. The fourth-order valence-electron chi connectivity index (χ4n) is 6.51. The zero-order valence-corrected chi connectivity index (χ0v) is 17.8. The maximum Gasteiger partial charge on any atom is 0.341 e. The average Bonchev–Trinajstić information content (AvgIpc) is 3.02. The summed E-state index contributed by atoms with van der Waals surface area (Å²) >= 11 is 1.48. The topological polar surface area (TPSA) is 55.4 Å². The summed E-state index contributed by atoms with van der Waals surface area (Å²) in [5.41, 5.74) is 2.08. The molecule has 4 nitrogen and oxygen atoms in total. The van der Waals surface area contributed by atoms with Crippen LogP contribution in [0.1, 0.15) is 53.8 Å². The number of nitrogens with one attached hydrogen (secondary N) is 1. The quantitative estimate of drug-likeness (QED) is 0.663. The second kappa shape index (κ2) is 6.98. The van der Waals surface area contributed by atoms with E-state index in [2.05, 4.69) is 5.32 Å². The first kappa shape index (κ1) is 18.9. The Balaban J connectivity index is 1.50. The number of methoxy groups -OCH3 is 1. The van der Waals surface area contributed by atoms with E-state index in [1.165, 1.54) is 37.7 Å². The van der Waals surface area contributed by atoms with Crippen LogP contribution in [0.2, 0.25) is 0 Å². The molecular weight excluding hydrogens is 382 g/mol. The van der Waals surface area contributed by atoms with Crippen molar-refractivity contribution in [2.45, 2.75) is 45.4 Å². The van der Waals surface area contributed by atoms with Gasteiger partial charge in [0.25, 0.3) is 0 Å². The van der Waals surface area contributed by atoms with Crippen LogP contribution in [-0.2, 0) is 9.53 Å². The maximum atomic E-state index is 13.5. The number of amides is 1. The summed E-state index contributed by atoms with van der Waals surface area (Å²) in [6, 6.07) is 9.86. The molecule has 6 rings (SSSR count). The number of esters is 1. The fraction of sp³-hybridized carbons (Fsp3) is 0.500. The summed E-state index contributed by atoms with van der Waals surface area (Å²) in [6.07, 6.45) is 6.93. The Labute approximate surface area is 175 Å². The molecule has 0 saturated heterocycles. The van der Waals surface area contributed by atoms with Gasteiger partial charge in [-0.25, -0.2) is 4.79 Å². The first-order chi connectivity index (χ1) is 14.0. The first-order valence-corrected chi connectivity index (χ1v) is 11.4. The molecule has 2 aromatic rings. The number of hydrogen-bond donors (Lipinski definition) is 1. The summed E-state index contributed by atoms with van der Waals surface area (Å²) in [7, 11) is 1.40. The van der Waals surface area contributed by atoms with Crippen molar-refractivity contribution in [2.24, 2.45) is 23.2 Å². The van der Waals surface area contributed by atoms with Crippen molar-refractivity contribution < 1.29 is 14.3 Å². The van der Waals surface area contributed by atoms with Gasteiger partial charge in [-0.3, -0.25) is 4.79 Å². The van der Waals surface area contributed by atoms with Crippen LogP contribution < -0.4 is 5.32 Å². The number of carbonyl (C=O) groups excluding carboxylic acids is 2. The number of rotatable bonds is 4. The van der Waals surface area contributed by atoms with Gasteiger partial charge in [0, 0.05) is 10.4 Å². The minimum Gasteiger partial charge on any atom is -0.465 e. The normalized spacial score (nSPS) is 29.7. The highest BCUT2D eigenvalue weighted by atomic mass is 32.1. The van der Waals surface area contributed by atoms with E-state index in [9.17, 15) is 9.59 Å². The van der Waals surface area contributed by atoms with Crippen molar-refractivity contribution in [3.05, 3.63) is 40.8 Å². The summed E-state index contributed by atoms with van der Waals surface area (Å²) in [5.74, 6) is 1.84. The molecule has 1 N–H and O–H groups in total. The molecule has 4 aliphatic rings. The maximum absolute atomic E-state index is 13.5. The van der Waals surface area contributed by atoms with E-state index in [1.807, 2.05) is 37.3 Å². The molecule has 152 valence electrons. The number of hydrogen-bond acceptors (Lipinski definition) is 4. The lowest BCUT2D eigenvalue weighted by Crippen LogP contribution is -2.51. The van der Waals surface area contributed by atoms with Crippen LogP contribution in [0.4, 0.5) is 5.00 Å². The molecule has 0 aliphatic heterocycles. The number of carbonyl (C=O) groups is 2. The van der Waals surface area contributed by atoms with Gasteiger partial charge in [-0.15, -0.1) is 11.3 Å². The molecule has 1 amide bonds. The zero-order chi connectivity index (χ0) is 20.2. The number of ether oxygens (including phenoxy) is 1. The Morgan fingerprint density at radius 1 is 1.03 bits per heavy atom. The van der Waals surface area contributed by atoms with Gasteiger partial charge < -0.3 is 10.1 Å². The van der Waals surface area contributed by atoms with E-state index in [0.717, 1.165) is 35.3 Å². The molecule has 1 aromatic carbocycles. The minimum atomic E-state index is -0.394. The van der Waals surface area contributed by atoms with Crippen LogP contribution in [0.25, 0.3) is 11.1 Å². The van der Waals surface area contributed by atoms with Gasteiger partial charge in [0.05, 0.1) is 12.5 Å². The second-order valence-corrected chi connectivity index (χ2v) is 10.5. The Hall–Kier alpha value is -2.14. The molecule has 0 spiro atoms. The lowest BCUT2D eigenvalue weighted by Gasteiger charge is -2.55. The smallest absolute Gasteiger partial charge is 0.341 e. The van der Waals surface area contributed by atoms with Gasteiger partial charge in [0.2, 0.25) is 5.91 Å². The van der Waals surface area contributed by atoms with E-state index in [4.69, 9.17) is 4.74 Å². The van der Waals surface area contributed by atoms with Crippen LogP contribution in [-0.4, -0.2) is 19.0 Å². The van der Waals surface area contributed by atoms with E-state index in [-0.39, 0.29) is 11.3 Å². The summed E-state index contributed by atoms with van der Waals surface area (Å²) in [5, 5.41) is 3.83. The van der Waals surface area contributed by atoms with Gasteiger partial charge in [0.1, 0.15) is 10.6 Å². The highest BCUT2D eigenvalue weighted by Gasteiger charge is 2.54. The molecule has 4 fully saturated rings. The van der Waals surface area contributed by atoms with E-state index >= 15 is 0 Å². The third-order valence-corrected chi connectivity index (χ3v) is 8.30. The van der Waals surface area contributed by atoms with Crippen molar-refractivity contribution in [1.82, 2.24) is 0 Å². The van der Waals surface area contributed by atoms with Crippen molar-refractivity contribution in [2.75, 3.05) is 12.4 Å². The lowest BCUT2D eigenvalue weighted by molar-refractivity contribution is -0.140. The molecule has 0 unspecified atom stereocenters. The van der Waals surface area contributed by atoms with Gasteiger partial charge in [-0.05, 0) is 68.8 Å². The number of anilines is 1. The molecule has 4 aliphatic carbocycles. The first-order valence-electron chi connectivity index (χ1n) is 10.6. The van der Waals surface area contributed by atoms with Gasteiger partial charge >= 0.3 is 5.97 Å². The van der Waals surface area contributed by atoms with Crippen LogP contribution in [0, 0.1) is 30.1 Å². The van der Waals surface area contributed by atoms with E-state index in [1.54, 1.807) is 0 Å². The SMILES string of the molecule is COC(=O)c1c(NC(=O)C23CC4CC(CC(C4)C2)C3)sc(C)c1-c1ccccc1. The van der Waals surface area contributed by atoms with Crippen molar-refractivity contribution in [3.63, 3.8) is 0 Å². The Kier molecular flexibility index (Phi) is 4.54. The summed E-state index contributed by atoms with van der Waals surface area (Å²) in [4.78, 5) is 27.2. The Bertz CT molecular complexity index is 927. The van der Waals surface area contributed by atoms with Gasteiger partial charge in [-0.2, -0.15) is 0 Å². The van der Waals surface area contributed by atoms with Crippen molar-refractivity contribution in [3.8, 4) is 11.1 Å². The zero-order valence-electron chi connectivity index (χ0n) is 17.0. The highest BCUT2D eigenvalue weighted by molar-refractivity contribution is 7.17. The summed E-state index contributed by atoms with van der Waals surface area (Å²) < 4.78 is 5.10. The van der Waals surface area contributed by atoms with Crippen LogP contribution in [0.3, 0.4) is 0 Å². The monoisotopic (exact) mass is 409 g/mol. The molecular formula is C24H27NO3S.